The molecule has 0 saturated carbocycles. The van der Waals surface area contributed by atoms with Gasteiger partial charge in [0.25, 0.3) is 0 Å². The first kappa shape index (κ1) is 17.0. The van der Waals surface area contributed by atoms with Crippen LogP contribution in [0.5, 0.6) is 0 Å². The summed E-state index contributed by atoms with van der Waals surface area (Å²) in [6.45, 7) is 0.156. The Morgan fingerprint density at radius 1 is 1.09 bits per heavy atom. The Balaban J connectivity index is 2.05. The number of anilines is 2. The van der Waals surface area contributed by atoms with E-state index < -0.39 is 31.0 Å². The number of nitrogen functional groups attached to an aromatic ring is 1. The number of nitrogens with zero attached hydrogens (tertiary/aromatic N) is 1. The fraction of sp³-hybridized carbons (Fsp3) is 0.600. The van der Waals surface area contributed by atoms with Crippen molar-refractivity contribution in [2.75, 3.05) is 30.3 Å². The van der Waals surface area contributed by atoms with Crippen molar-refractivity contribution in [1.82, 2.24) is 0 Å². The van der Waals surface area contributed by atoms with Gasteiger partial charge in [0.15, 0.2) is 0 Å². The Bertz CT molecular complexity index is 499. The summed E-state index contributed by atoms with van der Waals surface area (Å²) in [5.74, 6) is 0. The maximum atomic E-state index is 10.1. The number of hydrogen-bond donors (Lipinski definition) is 6. The molecule has 2 rings (SSSR count). The molecule has 7 heteroatoms. The van der Waals surface area contributed by atoms with Crippen molar-refractivity contribution >= 4 is 11.4 Å². The van der Waals surface area contributed by atoms with E-state index in [4.69, 9.17) is 10.8 Å². The zero-order valence-electron chi connectivity index (χ0n) is 12.3. The van der Waals surface area contributed by atoms with Gasteiger partial charge in [0, 0.05) is 24.5 Å². The van der Waals surface area contributed by atoms with Gasteiger partial charge in [-0.1, -0.05) is 0 Å². The van der Waals surface area contributed by atoms with Gasteiger partial charge in [-0.25, -0.2) is 0 Å². The normalized spacial score (nSPS) is 20.1. The van der Waals surface area contributed by atoms with Gasteiger partial charge in [-0.2, -0.15) is 0 Å². The lowest BCUT2D eigenvalue weighted by molar-refractivity contribution is -0.112. The number of nitrogens with two attached hydrogens (primary N) is 1. The van der Waals surface area contributed by atoms with E-state index in [2.05, 4.69) is 0 Å². The molecule has 1 heterocycles. The Hall–Kier alpha value is -1.38. The molecule has 124 valence electrons. The van der Waals surface area contributed by atoms with Gasteiger partial charge in [-0.05, 0) is 36.6 Å². The van der Waals surface area contributed by atoms with E-state index in [0.29, 0.717) is 5.69 Å². The topological polar surface area (TPSA) is 130 Å². The molecule has 4 unspecified atom stereocenters. The summed E-state index contributed by atoms with van der Waals surface area (Å²) in [5.41, 5.74) is 8.49. The molecule has 0 aromatic heterocycles. The standard InChI is InChI=1S/C15H24N2O5/c16-10-3-4-11-9(6-10)2-1-5-17(11)7-12(19)14(21)15(22)13(20)8-18/h3-4,6,12-15,18-22H,1-2,5,7-8,16H2. The molecule has 0 radical (unpaired) electrons. The Kier molecular flexibility index (Phi) is 5.60. The Morgan fingerprint density at radius 3 is 2.45 bits per heavy atom. The maximum absolute atomic E-state index is 10.1. The van der Waals surface area contributed by atoms with Crippen molar-refractivity contribution in [2.45, 2.75) is 37.3 Å². The number of aliphatic hydroxyl groups is 5. The summed E-state index contributed by atoms with van der Waals surface area (Å²) in [4.78, 5) is 1.92. The number of rotatable bonds is 6. The molecule has 1 aliphatic rings. The number of benzene rings is 1. The van der Waals surface area contributed by atoms with Crippen LogP contribution in [0.4, 0.5) is 11.4 Å². The first-order chi connectivity index (χ1) is 10.4. The van der Waals surface area contributed by atoms with Crippen LogP contribution >= 0.6 is 0 Å². The van der Waals surface area contributed by atoms with Gasteiger partial charge in [-0.15, -0.1) is 0 Å². The lowest BCUT2D eigenvalue weighted by Crippen LogP contribution is -2.50. The molecule has 7 nitrogen and oxygen atoms in total. The first-order valence-electron chi connectivity index (χ1n) is 7.40. The summed E-state index contributed by atoms with van der Waals surface area (Å²) in [7, 11) is 0. The largest absolute Gasteiger partial charge is 0.399 e. The highest BCUT2D eigenvalue weighted by Crippen LogP contribution is 2.29. The second-order valence-electron chi connectivity index (χ2n) is 5.74. The third-order valence-corrected chi connectivity index (χ3v) is 4.05. The smallest absolute Gasteiger partial charge is 0.111 e. The van der Waals surface area contributed by atoms with Crippen molar-refractivity contribution in [3.05, 3.63) is 23.8 Å². The van der Waals surface area contributed by atoms with Gasteiger partial charge >= 0.3 is 0 Å². The molecule has 1 aromatic carbocycles. The summed E-state index contributed by atoms with van der Waals surface area (Å²) >= 11 is 0. The zero-order valence-corrected chi connectivity index (χ0v) is 12.3. The van der Waals surface area contributed by atoms with Crippen LogP contribution in [0.3, 0.4) is 0 Å². The molecule has 0 aliphatic carbocycles. The number of β-amino-alcohol motifs (C(OH)–C–C–N with tert-alkyl or cyclic N) is 1. The highest BCUT2D eigenvalue weighted by Gasteiger charge is 2.31. The Labute approximate surface area is 129 Å². The number of aryl methyl sites for hydroxylation is 1. The first-order valence-corrected chi connectivity index (χ1v) is 7.40. The van der Waals surface area contributed by atoms with Crippen LogP contribution in [0, 0.1) is 0 Å². The van der Waals surface area contributed by atoms with Crippen molar-refractivity contribution in [3.8, 4) is 0 Å². The second kappa shape index (κ2) is 7.26. The average molecular weight is 312 g/mol. The summed E-state index contributed by atoms with van der Waals surface area (Å²) in [6.07, 6.45) is -4.07. The van der Waals surface area contributed by atoms with Gasteiger partial charge in [0.2, 0.25) is 0 Å². The molecule has 0 spiro atoms. The van der Waals surface area contributed by atoms with Crippen LogP contribution < -0.4 is 10.6 Å². The van der Waals surface area contributed by atoms with Crippen LogP contribution in [0.15, 0.2) is 18.2 Å². The van der Waals surface area contributed by atoms with Gasteiger partial charge < -0.3 is 36.2 Å². The number of fused-ring (bicyclic) bond motifs is 1. The predicted molar refractivity (Wildman–Crippen MR) is 82.5 cm³/mol. The van der Waals surface area contributed by atoms with Gasteiger partial charge in [0.1, 0.15) is 18.3 Å². The van der Waals surface area contributed by atoms with E-state index >= 15 is 0 Å². The predicted octanol–water partition coefficient (Wildman–Crippen LogP) is -1.54. The minimum atomic E-state index is -1.60. The molecule has 22 heavy (non-hydrogen) atoms. The number of hydrogen-bond acceptors (Lipinski definition) is 7. The summed E-state index contributed by atoms with van der Waals surface area (Å²) < 4.78 is 0. The highest BCUT2D eigenvalue weighted by atomic mass is 16.4. The van der Waals surface area contributed by atoms with Crippen LogP contribution in [0.25, 0.3) is 0 Å². The molecule has 1 aromatic rings. The zero-order chi connectivity index (χ0) is 16.3. The van der Waals surface area contributed by atoms with Gasteiger partial charge in [0.05, 0.1) is 12.7 Å². The lowest BCUT2D eigenvalue weighted by Gasteiger charge is -2.35. The van der Waals surface area contributed by atoms with E-state index in [9.17, 15) is 20.4 Å². The van der Waals surface area contributed by atoms with E-state index in [1.165, 1.54) is 0 Å². The lowest BCUT2D eigenvalue weighted by atomic mass is 9.98. The SMILES string of the molecule is Nc1ccc2c(c1)CCCN2CC(O)C(O)C(O)C(O)CO. The van der Waals surface area contributed by atoms with Crippen molar-refractivity contribution in [2.24, 2.45) is 0 Å². The van der Waals surface area contributed by atoms with Crippen LogP contribution in [0.2, 0.25) is 0 Å². The third-order valence-electron chi connectivity index (χ3n) is 4.05. The summed E-state index contributed by atoms with van der Waals surface area (Å²) in [6, 6.07) is 5.56. The minimum absolute atomic E-state index is 0.118. The molecule has 0 bridgehead atoms. The summed E-state index contributed by atoms with van der Waals surface area (Å²) in [5, 5.41) is 47.8. The fourth-order valence-electron chi connectivity index (χ4n) is 2.78. The van der Waals surface area contributed by atoms with Crippen molar-refractivity contribution < 1.29 is 25.5 Å². The minimum Gasteiger partial charge on any atom is -0.399 e. The molecule has 4 atom stereocenters. The average Bonchev–Trinajstić information content (AvgIpc) is 2.52. The third kappa shape index (κ3) is 3.68. The molecular weight excluding hydrogens is 288 g/mol. The van der Waals surface area contributed by atoms with Crippen molar-refractivity contribution in [3.63, 3.8) is 0 Å². The van der Waals surface area contributed by atoms with Gasteiger partial charge in [-0.3, -0.25) is 0 Å². The Morgan fingerprint density at radius 2 is 1.77 bits per heavy atom. The maximum Gasteiger partial charge on any atom is 0.111 e. The van der Waals surface area contributed by atoms with E-state index in [-0.39, 0.29) is 6.54 Å². The van der Waals surface area contributed by atoms with E-state index in [0.717, 1.165) is 30.6 Å². The van der Waals surface area contributed by atoms with Crippen LogP contribution in [-0.4, -0.2) is 69.6 Å². The van der Waals surface area contributed by atoms with Crippen molar-refractivity contribution in [1.29, 1.82) is 0 Å². The van der Waals surface area contributed by atoms with E-state index in [1.807, 2.05) is 17.0 Å². The molecule has 1 aliphatic heterocycles. The van der Waals surface area contributed by atoms with Crippen LogP contribution in [0.1, 0.15) is 12.0 Å². The molecule has 0 amide bonds. The van der Waals surface area contributed by atoms with Crippen LogP contribution in [-0.2, 0) is 6.42 Å². The molecular formula is C15H24N2O5. The fourth-order valence-corrected chi connectivity index (χ4v) is 2.78. The molecule has 0 saturated heterocycles. The number of aliphatic hydroxyl groups excluding tert-OH is 5. The monoisotopic (exact) mass is 312 g/mol. The quantitative estimate of drug-likeness (QED) is 0.351. The highest BCUT2D eigenvalue weighted by molar-refractivity contribution is 5.61. The molecule has 7 N–H and O–H groups in total. The molecule has 0 fully saturated rings. The van der Waals surface area contributed by atoms with E-state index in [1.54, 1.807) is 6.07 Å². The second-order valence-corrected chi connectivity index (χ2v) is 5.74.